The van der Waals surface area contributed by atoms with Crippen molar-refractivity contribution >= 4 is 47.2 Å². The average Bonchev–Trinajstić information content (AvgIpc) is 2.89. The molecule has 2 aromatic rings. The van der Waals surface area contributed by atoms with Crippen molar-refractivity contribution in [1.29, 1.82) is 0 Å². The predicted molar refractivity (Wildman–Crippen MR) is 158 cm³/mol. The quantitative estimate of drug-likeness (QED) is 0.297. The van der Waals surface area contributed by atoms with Gasteiger partial charge >= 0.3 is 5.97 Å². The highest BCUT2D eigenvalue weighted by atomic mass is 32.2. The Morgan fingerprint density at radius 3 is 2.67 bits per heavy atom. The van der Waals surface area contributed by atoms with Crippen LogP contribution in [0.1, 0.15) is 35.9 Å². The normalized spacial score (nSPS) is 20.9. The van der Waals surface area contributed by atoms with Crippen LogP contribution >= 0.6 is 0 Å². The summed E-state index contributed by atoms with van der Waals surface area (Å²) in [5.41, 5.74) is 2.08. The number of sulfonamides is 1. The Morgan fingerprint density at radius 2 is 1.98 bits per heavy atom. The van der Waals surface area contributed by atoms with Gasteiger partial charge in [-0.05, 0) is 50.2 Å². The van der Waals surface area contributed by atoms with E-state index in [0.717, 1.165) is 37.3 Å². The molecule has 0 bridgehead atoms. The molecular formula is C27H39N5O6SSi. The van der Waals surface area contributed by atoms with Crippen molar-refractivity contribution in [2.75, 3.05) is 53.5 Å². The zero-order valence-electron chi connectivity index (χ0n) is 23.5. The Labute approximate surface area is 237 Å². The lowest BCUT2D eigenvalue weighted by atomic mass is 10.0. The highest BCUT2D eigenvalue weighted by Gasteiger charge is 2.31. The smallest absolute Gasteiger partial charge is 0.323 e. The van der Waals surface area contributed by atoms with Crippen molar-refractivity contribution in [3.8, 4) is 0 Å². The average molecular weight is 590 g/mol. The van der Waals surface area contributed by atoms with E-state index in [4.69, 9.17) is 9.47 Å². The minimum absolute atomic E-state index is 0.0481. The molecule has 13 heteroatoms. The third-order valence-corrected chi connectivity index (χ3v) is 11.6. The van der Waals surface area contributed by atoms with Gasteiger partial charge in [-0.15, -0.1) is 0 Å². The molecule has 11 nitrogen and oxygen atoms in total. The van der Waals surface area contributed by atoms with Crippen molar-refractivity contribution in [2.24, 2.45) is 0 Å². The maximum Gasteiger partial charge on any atom is 0.323 e. The van der Waals surface area contributed by atoms with Gasteiger partial charge in [0, 0.05) is 37.4 Å². The molecule has 2 fully saturated rings. The standard InChI is InChI=1S/C27H39N5O6SSi/c1-5-37-24(33)18-39(35,36)31-20-8-9-21(23(17-20)32-12-15-40(3,4)16-13-32)27(34)30-26-22(7-6-10-29-26)25-19(2)28-11-14-38-25/h6-10,17,19,25,28,31H,5,11-16,18H2,1-4H3,(H,29,30,34). The highest BCUT2D eigenvalue weighted by molar-refractivity contribution is 7.93. The fraction of sp³-hybridized carbons (Fsp3) is 0.519. The molecule has 0 radical (unpaired) electrons. The summed E-state index contributed by atoms with van der Waals surface area (Å²) in [6.07, 6.45) is 1.36. The molecule has 2 aliphatic heterocycles. The van der Waals surface area contributed by atoms with Crippen LogP contribution in [0.25, 0.3) is 0 Å². The van der Waals surface area contributed by atoms with Crippen molar-refractivity contribution in [2.45, 2.75) is 51.2 Å². The minimum atomic E-state index is -3.99. The topological polar surface area (TPSA) is 139 Å². The van der Waals surface area contributed by atoms with Crippen molar-refractivity contribution in [3.05, 3.63) is 47.7 Å². The number of anilines is 3. The molecule has 2 atom stereocenters. The number of aromatic nitrogens is 1. The van der Waals surface area contributed by atoms with E-state index >= 15 is 0 Å². The SMILES string of the molecule is CCOC(=O)CS(=O)(=O)Nc1ccc(C(=O)Nc2ncccc2C2OCCNC2C)c(N2CC[Si](C)(C)CC2)c1. The molecule has 2 aliphatic rings. The van der Waals surface area contributed by atoms with Crippen LogP contribution in [0.3, 0.4) is 0 Å². The summed E-state index contributed by atoms with van der Waals surface area (Å²) in [6.45, 7) is 11.3. The second kappa shape index (κ2) is 12.7. The van der Waals surface area contributed by atoms with E-state index < -0.39 is 29.8 Å². The number of nitrogens with zero attached hydrogens (tertiary/aromatic N) is 2. The Bertz CT molecular complexity index is 1330. The molecule has 3 heterocycles. The van der Waals surface area contributed by atoms with Crippen LogP contribution < -0.4 is 20.3 Å². The summed E-state index contributed by atoms with van der Waals surface area (Å²) in [6, 6.07) is 10.7. The van der Waals surface area contributed by atoms with Gasteiger partial charge in [0.2, 0.25) is 10.0 Å². The first-order valence-corrected chi connectivity index (χ1v) is 18.7. The largest absolute Gasteiger partial charge is 0.465 e. The first kappa shape index (κ1) is 30.0. The summed E-state index contributed by atoms with van der Waals surface area (Å²) in [4.78, 5) is 32.1. The third-order valence-electron chi connectivity index (χ3n) is 7.28. The first-order chi connectivity index (χ1) is 19.0. The minimum Gasteiger partial charge on any atom is -0.465 e. The monoisotopic (exact) mass is 589 g/mol. The number of morpholine rings is 1. The Balaban J connectivity index is 1.62. The molecule has 1 aromatic heterocycles. The van der Waals surface area contributed by atoms with Crippen molar-refractivity contribution in [3.63, 3.8) is 0 Å². The number of rotatable bonds is 9. The lowest BCUT2D eigenvalue weighted by Gasteiger charge is -2.38. The van der Waals surface area contributed by atoms with Crippen LogP contribution in [-0.2, 0) is 24.3 Å². The van der Waals surface area contributed by atoms with Crippen LogP contribution in [0.2, 0.25) is 25.2 Å². The van der Waals surface area contributed by atoms with Gasteiger partial charge in [0.05, 0.1) is 38.2 Å². The van der Waals surface area contributed by atoms with Crippen molar-refractivity contribution < 1.29 is 27.5 Å². The molecule has 3 N–H and O–H groups in total. The number of carbonyl (C=O) groups is 2. The molecule has 2 unspecified atom stereocenters. The van der Waals surface area contributed by atoms with E-state index in [-0.39, 0.29) is 30.3 Å². The predicted octanol–water partition coefficient (Wildman–Crippen LogP) is 3.22. The summed E-state index contributed by atoms with van der Waals surface area (Å²) >= 11 is 0. The van der Waals surface area contributed by atoms with Gasteiger partial charge < -0.3 is 25.0 Å². The molecule has 0 saturated carbocycles. The highest BCUT2D eigenvalue weighted by Crippen LogP contribution is 2.33. The van der Waals surface area contributed by atoms with Gasteiger partial charge in [0.25, 0.3) is 5.91 Å². The van der Waals surface area contributed by atoms with E-state index in [9.17, 15) is 18.0 Å². The number of amides is 1. The van der Waals surface area contributed by atoms with E-state index in [1.165, 1.54) is 6.07 Å². The molecule has 40 heavy (non-hydrogen) atoms. The molecule has 4 rings (SSSR count). The molecular weight excluding hydrogens is 550 g/mol. The van der Waals surface area contributed by atoms with Gasteiger partial charge in [-0.3, -0.25) is 14.3 Å². The number of benzene rings is 1. The first-order valence-electron chi connectivity index (χ1n) is 13.6. The molecule has 218 valence electrons. The van der Waals surface area contributed by atoms with Crippen LogP contribution in [0.4, 0.5) is 17.2 Å². The molecule has 0 aliphatic carbocycles. The maximum atomic E-state index is 13.7. The maximum absolute atomic E-state index is 13.7. The fourth-order valence-electron chi connectivity index (χ4n) is 4.98. The van der Waals surface area contributed by atoms with E-state index in [2.05, 4.69) is 38.3 Å². The van der Waals surface area contributed by atoms with E-state index in [1.807, 2.05) is 19.1 Å². The summed E-state index contributed by atoms with van der Waals surface area (Å²) in [5.74, 6) is -1.55. The van der Waals surface area contributed by atoms with Gasteiger partial charge in [-0.1, -0.05) is 19.2 Å². The zero-order chi connectivity index (χ0) is 28.9. The molecule has 1 aromatic carbocycles. The van der Waals surface area contributed by atoms with Crippen LogP contribution in [-0.4, -0.2) is 78.0 Å². The number of ether oxygens (including phenoxy) is 2. The number of hydrogen-bond donors (Lipinski definition) is 3. The Kier molecular flexibility index (Phi) is 9.49. The number of pyridine rings is 1. The van der Waals surface area contributed by atoms with Crippen LogP contribution in [0.15, 0.2) is 36.5 Å². The molecule has 0 spiro atoms. The van der Waals surface area contributed by atoms with Gasteiger partial charge in [0.1, 0.15) is 11.9 Å². The number of esters is 1. The second-order valence-corrected chi connectivity index (χ2v) is 18.0. The summed E-state index contributed by atoms with van der Waals surface area (Å²) in [7, 11) is -5.31. The van der Waals surface area contributed by atoms with Gasteiger partial charge in [0.15, 0.2) is 5.75 Å². The molecule has 1 amide bonds. The van der Waals surface area contributed by atoms with Gasteiger partial charge in [-0.2, -0.15) is 0 Å². The Hall–Kier alpha value is -3.00. The Morgan fingerprint density at radius 1 is 1.23 bits per heavy atom. The molecule has 2 saturated heterocycles. The van der Waals surface area contributed by atoms with Crippen LogP contribution in [0.5, 0.6) is 0 Å². The number of carbonyl (C=O) groups excluding carboxylic acids is 2. The lowest BCUT2D eigenvalue weighted by Crippen LogP contribution is -2.43. The number of hydrogen-bond acceptors (Lipinski definition) is 9. The summed E-state index contributed by atoms with van der Waals surface area (Å²) in [5, 5.41) is 6.36. The fourth-order valence-corrected chi connectivity index (χ4v) is 7.94. The van der Waals surface area contributed by atoms with Gasteiger partial charge in [-0.25, -0.2) is 13.4 Å². The third kappa shape index (κ3) is 7.59. The summed E-state index contributed by atoms with van der Waals surface area (Å²) < 4.78 is 38.5. The van der Waals surface area contributed by atoms with E-state index in [1.54, 1.807) is 25.3 Å². The number of nitrogens with one attached hydrogen (secondary N) is 3. The van der Waals surface area contributed by atoms with Crippen molar-refractivity contribution in [1.82, 2.24) is 10.3 Å². The second-order valence-electron chi connectivity index (χ2n) is 11.0. The van der Waals surface area contributed by atoms with Crippen LogP contribution in [0, 0.1) is 0 Å². The van der Waals surface area contributed by atoms with E-state index in [0.29, 0.717) is 23.7 Å². The zero-order valence-corrected chi connectivity index (χ0v) is 25.3. The lowest BCUT2D eigenvalue weighted by molar-refractivity contribution is -0.139.